The molecule has 102 valence electrons. The summed E-state index contributed by atoms with van der Waals surface area (Å²) in [5.41, 5.74) is 0. The van der Waals surface area contributed by atoms with Gasteiger partial charge >= 0.3 is 0 Å². The van der Waals surface area contributed by atoms with Crippen LogP contribution in [0.1, 0.15) is 6.42 Å². The summed E-state index contributed by atoms with van der Waals surface area (Å²) in [6.45, 7) is 1.43. The van der Waals surface area contributed by atoms with Crippen molar-refractivity contribution in [3.63, 3.8) is 0 Å². The minimum atomic E-state index is -0.626. The molecule has 2 N–H and O–H groups in total. The molecule has 0 aromatic heterocycles. The van der Waals surface area contributed by atoms with Crippen LogP contribution in [0.15, 0.2) is 24.3 Å². The monoisotopic (exact) mass is 273 g/mol. The van der Waals surface area contributed by atoms with Crippen LogP contribution in [0.25, 0.3) is 0 Å². The van der Waals surface area contributed by atoms with Crippen LogP contribution in [0.3, 0.4) is 0 Å². The van der Waals surface area contributed by atoms with Gasteiger partial charge in [0.2, 0.25) is 0 Å². The van der Waals surface area contributed by atoms with E-state index in [4.69, 9.17) is 4.74 Å². The Morgan fingerprint density at radius 1 is 1.44 bits per heavy atom. The summed E-state index contributed by atoms with van der Waals surface area (Å²) in [6, 6.07) is 6.19. The number of halogens is 1. The Balaban J connectivity index is 2.13. The van der Waals surface area contributed by atoms with Gasteiger partial charge in [-0.15, -0.1) is 0 Å². The third-order valence-electron chi connectivity index (χ3n) is 2.35. The molecule has 18 heavy (non-hydrogen) atoms. The lowest BCUT2D eigenvalue weighted by Crippen LogP contribution is -2.32. The Morgan fingerprint density at radius 2 is 2.22 bits per heavy atom. The normalized spacial score (nSPS) is 12.4. The molecule has 5 heteroatoms. The standard InChI is InChI=1S/C13H20FNO2S/c1-18-8-4-7-15-9-11(16)10-17-13-6-3-2-5-12(13)14/h2-3,5-6,11,15-16H,4,7-10H2,1H3. The van der Waals surface area contributed by atoms with Crippen molar-refractivity contribution in [1.29, 1.82) is 0 Å². The van der Waals surface area contributed by atoms with Crippen LogP contribution < -0.4 is 10.1 Å². The highest BCUT2D eigenvalue weighted by Crippen LogP contribution is 2.15. The van der Waals surface area contributed by atoms with Gasteiger partial charge in [-0.05, 0) is 37.1 Å². The zero-order valence-electron chi connectivity index (χ0n) is 10.6. The summed E-state index contributed by atoms with van der Waals surface area (Å²) >= 11 is 1.80. The Kier molecular flexibility index (Phi) is 7.80. The van der Waals surface area contributed by atoms with Gasteiger partial charge in [-0.2, -0.15) is 11.8 Å². The summed E-state index contributed by atoms with van der Waals surface area (Å²) in [7, 11) is 0. The van der Waals surface area contributed by atoms with Gasteiger partial charge in [-0.25, -0.2) is 4.39 Å². The molecule has 0 aliphatic rings. The smallest absolute Gasteiger partial charge is 0.165 e. The van der Waals surface area contributed by atoms with Crippen molar-refractivity contribution in [2.24, 2.45) is 0 Å². The van der Waals surface area contributed by atoms with Crippen LogP contribution in [-0.2, 0) is 0 Å². The van der Waals surface area contributed by atoms with E-state index < -0.39 is 11.9 Å². The highest BCUT2D eigenvalue weighted by molar-refractivity contribution is 7.98. The summed E-state index contributed by atoms with van der Waals surface area (Å²) < 4.78 is 18.4. The molecular formula is C13H20FNO2S. The Morgan fingerprint density at radius 3 is 2.94 bits per heavy atom. The fraction of sp³-hybridized carbons (Fsp3) is 0.538. The third-order valence-corrected chi connectivity index (χ3v) is 3.05. The summed E-state index contributed by atoms with van der Waals surface area (Å²) in [6.07, 6.45) is 2.51. The van der Waals surface area contributed by atoms with Crippen molar-refractivity contribution in [2.75, 3.05) is 31.7 Å². The molecule has 0 bridgehead atoms. The molecule has 3 nitrogen and oxygen atoms in total. The van der Waals surface area contributed by atoms with Gasteiger partial charge in [0.1, 0.15) is 12.7 Å². The molecule has 0 radical (unpaired) electrons. The highest BCUT2D eigenvalue weighted by Gasteiger charge is 2.07. The molecule has 0 saturated carbocycles. The predicted molar refractivity (Wildman–Crippen MR) is 73.8 cm³/mol. The van der Waals surface area contributed by atoms with Gasteiger partial charge in [0, 0.05) is 6.54 Å². The first-order chi connectivity index (χ1) is 8.74. The molecule has 0 fully saturated rings. The SMILES string of the molecule is CSCCCNCC(O)COc1ccccc1F. The van der Waals surface area contributed by atoms with Crippen LogP contribution in [0.2, 0.25) is 0 Å². The maximum Gasteiger partial charge on any atom is 0.165 e. The van der Waals surface area contributed by atoms with Crippen LogP contribution in [-0.4, -0.2) is 42.9 Å². The van der Waals surface area contributed by atoms with Crippen molar-refractivity contribution in [2.45, 2.75) is 12.5 Å². The van der Waals surface area contributed by atoms with Gasteiger partial charge < -0.3 is 15.2 Å². The number of nitrogens with one attached hydrogen (secondary N) is 1. The van der Waals surface area contributed by atoms with Crippen molar-refractivity contribution in [1.82, 2.24) is 5.32 Å². The number of aliphatic hydroxyl groups is 1. The van der Waals surface area contributed by atoms with E-state index in [9.17, 15) is 9.50 Å². The number of hydrogen-bond acceptors (Lipinski definition) is 4. The zero-order valence-corrected chi connectivity index (χ0v) is 11.4. The number of benzene rings is 1. The second-order valence-electron chi connectivity index (χ2n) is 3.95. The second kappa shape index (κ2) is 9.19. The minimum Gasteiger partial charge on any atom is -0.488 e. The minimum absolute atomic E-state index is 0.0937. The molecule has 1 unspecified atom stereocenters. The van der Waals surface area contributed by atoms with E-state index in [-0.39, 0.29) is 12.4 Å². The van der Waals surface area contributed by atoms with Crippen molar-refractivity contribution in [3.05, 3.63) is 30.1 Å². The Bertz CT molecular complexity index is 339. The van der Waals surface area contributed by atoms with Gasteiger partial charge in [0.15, 0.2) is 11.6 Å². The molecule has 0 saturated heterocycles. The lowest BCUT2D eigenvalue weighted by atomic mass is 10.3. The summed E-state index contributed by atoms with van der Waals surface area (Å²) in [5.74, 6) is 0.881. The lowest BCUT2D eigenvalue weighted by molar-refractivity contribution is 0.104. The van der Waals surface area contributed by atoms with E-state index in [1.807, 2.05) is 0 Å². The Hall–Kier alpha value is -0.780. The van der Waals surface area contributed by atoms with Crippen LogP contribution in [0.5, 0.6) is 5.75 Å². The zero-order chi connectivity index (χ0) is 13.2. The average Bonchev–Trinajstić information content (AvgIpc) is 2.37. The van der Waals surface area contributed by atoms with Gasteiger partial charge in [0.05, 0.1) is 0 Å². The van der Waals surface area contributed by atoms with Crippen LogP contribution in [0, 0.1) is 5.82 Å². The van der Waals surface area contributed by atoms with Crippen LogP contribution in [0.4, 0.5) is 4.39 Å². The lowest BCUT2D eigenvalue weighted by Gasteiger charge is -2.13. The second-order valence-corrected chi connectivity index (χ2v) is 4.93. The number of rotatable bonds is 9. The molecule has 0 amide bonds. The van der Waals surface area contributed by atoms with E-state index in [0.29, 0.717) is 6.54 Å². The van der Waals surface area contributed by atoms with E-state index in [2.05, 4.69) is 11.6 Å². The van der Waals surface area contributed by atoms with E-state index >= 15 is 0 Å². The van der Waals surface area contributed by atoms with E-state index in [1.54, 1.807) is 30.0 Å². The number of ether oxygens (including phenoxy) is 1. The first kappa shape index (κ1) is 15.3. The largest absolute Gasteiger partial charge is 0.488 e. The molecule has 1 rings (SSSR count). The molecular weight excluding hydrogens is 253 g/mol. The average molecular weight is 273 g/mol. The molecule has 0 aliphatic carbocycles. The van der Waals surface area contributed by atoms with Crippen LogP contribution >= 0.6 is 11.8 Å². The number of para-hydroxylation sites is 1. The van der Waals surface area contributed by atoms with Gasteiger partial charge in [-0.1, -0.05) is 12.1 Å². The maximum absolute atomic E-state index is 13.2. The highest BCUT2D eigenvalue weighted by atomic mass is 32.2. The molecule has 0 heterocycles. The van der Waals surface area contributed by atoms with E-state index in [0.717, 1.165) is 18.7 Å². The van der Waals surface area contributed by atoms with Crippen molar-refractivity contribution >= 4 is 11.8 Å². The summed E-state index contributed by atoms with van der Waals surface area (Å²) in [4.78, 5) is 0. The number of thioether (sulfide) groups is 1. The molecule has 1 atom stereocenters. The topological polar surface area (TPSA) is 41.5 Å². The fourth-order valence-electron chi connectivity index (χ4n) is 1.42. The van der Waals surface area contributed by atoms with Gasteiger partial charge in [0.25, 0.3) is 0 Å². The van der Waals surface area contributed by atoms with Gasteiger partial charge in [-0.3, -0.25) is 0 Å². The third kappa shape index (κ3) is 6.23. The quantitative estimate of drug-likeness (QED) is 0.674. The predicted octanol–water partition coefficient (Wildman–Crippen LogP) is 1.91. The molecule has 1 aromatic rings. The maximum atomic E-state index is 13.2. The first-order valence-corrected chi connectivity index (χ1v) is 7.38. The molecule has 1 aromatic carbocycles. The van der Waals surface area contributed by atoms with Crippen molar-refractivity contribution in [3.8, 4) is 5.75 Å². The fourth-order valence-corrected chi connectivity index (χ4v) is 1.85. The van der Waals surface area contributed by atoms with Crippen molar-refractivity contribution < 1.29 is 14.2 Å². The number of hydrogen-bond donors (Lipinski definition) is 2. The molecule has 0 spiro atoms. The summed E-state index contributed by atoms with van der Waals surface area (Å²) in [5, 5.41) is 12.8. The number of aliphatic hydroxyl groups excluding tert-OH is 1. The Labute approximate surface area is 112 Å². The first-order valence-electron chi connectivity index (χ1n) is 5.99. The molecule has 0 aliphatic heterocycles. The van der Waals surface area contributed by atoms with E-state index in [1.165, 1.54) is 6.07 Å².